The maximum absolute atomic E-state index is 12.9. The molecule has 10 heteroatoms. The van der Waals surface area contributed by atoms with Gasteiger partial charge in [-0.2, -0.15) is 0 Å². The Kier molecular flexibility index (Phi) is 78.3. The van der Waals surface area contributed by atoms with Gasteiger partial charge in [0.2, 0.25) is 0 Å². The van der Waals surface area contributed by atoms with Crippen LogP contribution >= 0.6 is 7.82 Å². The molecule has 0 bridgehead atoms. The number of hydrogen-bond acceptors (Lipinski definition) is 7. The van der Waals surface area contributed by atoms with Crippen molar-refractivity contribution < 1.29 is 42.1 Å². The zero-order valence-electron chi connectivity index (χ0n) is 67.7. The summed E-state index contributed by atoms with van der Waals surface area (Å²) in [6, 6.07) is 0. The molecule has 0 fully saturated rings. The maximum atomic E-state index is 12.9. The Balaban J connectivity index is 3.97. The van der Waals surface area contributed by atoms with Crippen molar-refractivity contribution in [1.82, 2.24) is 0 Å². The van der Waals surface area contributed by atoms with E-state index in [2.05, 4.69) is 196 Å². The fourth-order valence-corrected chi connectivity index (χ4v) is 12.3. The molecule has 0 spiro atoms. The van der Waals surface area contributed by atoms with E-state index in [-0.39, 0.29) is 32.0 Å². The second kappa shape index (κ2) is 82.2. The van der Waals surface area contributed by atoms with Gasteiger partial charge in [-0.05, 0) is 135 Å². The second-order valence-corrected chi connectivity index (χ2v) is 30.6. The van der Waals surface area contributed by atoms with Gasteiger partial charge >= 0.3 is 19.8 Å². The first-order valence-electron chi connectivity index (χ1n) is 42.5. The molecule has 0 amide bonds. The average Bonchev–Trinajstić information content (AvgIpc) is 0.920. The van der Waals surface area contributed by atoms with Crippen LogP contribution in [0.5, 0.6) is 0 Å². The van der Waals surface area contributed by atoms with E-state index in [1.165, 1.54) is 180 Å². The lowest BCUT2D eigenvalue weighted by Gasteiger charge is -2.24. The number of rotatable bonds is 77. The van der Waals surface area contributed by atoms with Crippen molar-refractivity contribution in [2.24, 2.45) is 0 Å². The van der Waals surface area contributed by atoms with Gasteiger partial charge in [0.25, 0.3) is 0 Å². The third-order valence-corrected chi connectivity index (χ3v) is 18.9. The number of phosphoric ester groups is 1. The summed E-state index contributed by atoms with van der Waals surface area (Å²) in [4.78, 5) is 36.1. The van der Waals surface area contributed by atoms with Crippen LogP contribution in [0.4, 0.5) is 0 Å². The molecule has 0 radical (unpaired) electrons. The van der Waals surface area contributed by atoms with Crippen LogP contribution in [0.3, 0.4) is 0 Å². The van der Waals surface area contributed by atoms with Crippen LogP contribution in [-0.4, -0.2) is 74.9 Å². The Morgan fingerprint density at radius 2 is 0.519 bits per heavy atom. The molecular weight excluding hydrogens is 1300 g/mol. The Hall–Kier alpha value is -4.89. The number of likely N-dealkylation sites (N-methyl/N-ethyl adjacent to an activating group) is 1. The average molecular weight is 1460 g/mol. The molecule has 9 nitrogen and oxygen atoms in total. The van der Waals surface area contributed by atoms with E-state index >= 15 is 0 Å². The van der Waals surface area contributed by atoms with Crippen LogP contribution in [0.2, 0.25) is 0 Å². The van der Waals surface area contributed by atoms with Crippen molar-refractivity contribution in [2.75, 3.05) is 47.5 Å². The van der Waals surface area contributed by atoms with E-state index in [9.17, 15) is 19.0 Å². The van der Waals surface area contributed by atoms with Crippen LogP contribution in [0.15, 0.2) is 182 Å². The van der Waals surface area contributed by atoms with Crippen molar-refractivity contribution in [2.45, 2.75) is 354 Å². The van der Waals surface area contributed by atoms with E-state index in [4.69, 9.17) is 18.5 Å². The Labute approximate surface area is 641 Å². The van der Waals surface area contributed by atoms with Gasteiger partial charge in [-0.3, -0.25) is 18.6 Å². The fraction of sp³-hybridized carbons (Fsp3) is 0.660. The molecule has 104 heavy (non-hydrogen) atoms. The van der Waals surface area contributed by atoms with Crippen molar-refractivity contribution >= 4 is 19.8 Å². The SMILES string of the molecule is CC/C=C\C/C=C\C/C=C\C/C=C\C/C=C\C/C=C\C/C=C\C/C=C\CCCCCCCCCCCCCCCCCCC(=O)OC(COC(=O)CCCCCCCCCCCCCCCCCCC/C=C\C/C=C\C/C=C\C/C=C\C/C=C\C/C=C\C/C=C\CC)COP(=O)(O)OCC[N+](C)(C)C. The molecule has 0 aromatic heterocycles. The summed E-state index contributed by atoms with van der Waals surface area (Å²) in [6.07, 6.45) is 126. The van der Waals surface area contributed by atoms with E-state index in [1.807, 2.05) is 21.1 Å². The third kappa shape index (κ3) is 86.0. The first kappa shape index (κ1) is 99.1. The minimum absolute atomic E-state index is 0.0268. The summed E-state index contributed by atoms with van der Waals surface area (Å²) in [7, 11) is 1.47. The van der Waals surface area contributed by atoms with Crippen LogP contribution in [0.1, 0.15) is 348 Å². The molecule has 2 atom stereocenters. The molecule has 0 aliphatic carbocycles. The monoisotopic (exact) mass is 1460 g/mol. The van der Waals surface area contributed by atoms with Gasteiger partial charge in [0.05, 0.1) is 27.7 Å². The zero-order valence-corrected chi connectivity index (χ0v) is 68.6. The standard InChI is InChI=1S/C94H158NO8P/c1-6-8-10-12-14-16-18-20-22-24-26-28-30-32-34-36-38-40-42-44-46-47-49-51-53-55-57-59-61-63-65-67-69-71-73-75-77-79-81-83-85-87-94(97)103-92(91-102-104(98,99)101-89-88-95(3,4)5)90-100-93(96)86-84-82-80-78-76-74-72-70-68-66-64-62-60-58-56-54-52-50-48-45-43-41-39-37-35-33-31-29-27-25-23-21-19-17-15-13-11-9-7-2/h8-11,14-17,20-23,26-29,32-35,38-41,44-46,48-49,51,92H,6-7,12-13,18-19,24-25,30-31,36-37,42-43,47,50,52-91H2,1-5H3/p+1/b10-8-,11-9-,16-14-,17-15-,22-20-,23-21-,28-26-,29-27-,34-32-,35-33-,40-38-,41-39-,46-44-,48-45-,51-49-. The molecule has 0 saturated carbocycles. The molecule has 0 aliphatic rings. The predicted octanol–water partition coefficient (Wildman–Crippen LogP) is 28.9. The van der Waals surface area contributed by atoms with Crippen LogP contribution in [0.25, 0.3) is 0 Å². The second-order valence-electron chi connectivity index (χ2n) is 29.1. The van der Waals surface area contributed by atoms with Gasteiger partial charge in [-0.25, -0.2) is 4.57 Å². The number of quaternary nitrogens is 1. The quantitative estimate of drug-likeness (QED) is 0.0211. The lowest BCUT2D eigenvalue weighted by atomic mass is 10.0. The molecule has 0 heterocycles. The summed E-state index contributed by atoms with van der Waals surface area (Å²) in [5, 5.41) is 0. The number of nitrogens with zero attached hydrogens (tertiary/aromatic N) is 1. The normalized spacial score (nSPS) is 13.9. The van der Waals surface area contributed by atoms with Gasteiger partial charge < -0.3 is 18.9 Å². The summed E-state index contributed by atoms with van der Waals surface area (Å²) in [5.41, 5.74) is 0. The molecule has 0 aliphatic heterocycles. The predicted molar refractivity (Wildman–Crippen MR) is 454 cm³/mol. The highest BCUT2D eigenvalue weighted by molar-refractivity contribution is 7.47. The highest BCUT2D eigenvalue weighted by Gasteiger charge is 2.27. The van der Waals surface area contributed by atoms with Gasteiger partial charge in [0, 0.05) is 12.8 Å². The van der Waals surface area contributed by atoms with Gasteiger partial charge in [-0.1, -0.05) is 382 Å². The first-order chi connectivity index (χ1) is 51.0. The highest BCUT2D eigenvalue weighted by atomic mass is 31.2. The van der Waals surface area contributed by atoms with Crippen LogP contribution < -0.4 is 0 Å². The Morgan fingerprint density at radius 1 is 0.298 bits per heavy atom. The Bertz CT molecular complexity index is 2420. The van der Waals surface area contributed by atoms with E-state index in [1.54, 1.807) is 0 Å². The number of esters is 2. The highest BCUT2D eigenvalue weighted by Crippen LogP contribution is 2.43. The molecule has 0 aromatic rings. The van der Waals surface area contributed by atoms with Crippen LogP contribution in [0, 0.1) is 0 Å². The van der Waals surface area contributed by atoms with Gasteiger partial charge in [-0.15, -0.1) is 0 Å². The van der Waals surface area contributed by atoms with Crippen molar-refractivity contribution in [3.05, 3.63) is 182 Å². The lowest BCUT2D eigenvalue weighted by Crippen LogP contribution is -2.37. The fourth-order valence-electron chi connectivity index (χ4n) is 11.5. The largest absolute Gasteiger partial charge is 0.472 e. The van der Waals surface area contributed by atoms with Crippen molar-refractivity contribution in [1.29, 1.82) is 0 Å². The molecule has 1 N–H and O–H groups in total. The molecule has 0 aromatic carbocycles. The summed E-state index contributed by atoms with van der Waals surface area (Å²) >= 11 is 0. The number of carbonyl (C=O) groups is 2. The molecule has 0 rings (SSSR count). The van der Waals surface area contributed by atoms with E-state index in [0.717, 1.165) is 135 Å². The lowest BCUT2D eigenvalue weighted by molar-refractivity contribution is -0.870. The number of phosphoric acid groups is 1. The summed E-state index contributed by atoms with van der Waals surface area (Å²) < 4.78 is 34.9. The number of ether oxygens (including phenoxy) is 2. The first-order valence-corrected chi connectivity index (χ1v) is 44.0. The number of carbonyl (C=O) groups excluding carboxylic acids is 2. The van der Waals surface area contributed by atoms with Crippen molar-refractivity contribution in [3.8, 4) is 0 Å². The smallest absolute Gasteiger partial charge is 0.462 e. The minimum Gasteiger partial charge on any atom is -0.462 e. The number of unbranched alkanes of at least 4 members (excludes halogenated alkanes) is 33. The van der Waals surface area contributed by atoms with E-state index < -0.39 is 26.5 Å². The molecule has 0 saturated heterocycles. The van der Waals surface area contributed by atoms with E-state index in [0.29, 0.717) is 17.4 Å². The topological polar surface area (TPSA) is 108 Å². The molecular formula is C94H159NO8P+. The van der Waals surface area contributed by atoms with Crippen LogP contribution in [-0.2, 0) is 32.7 Å². The minimum atomic E-state index is -4.41. The molecule has 2 unspecified atom stereocenters. The van der Waals surface area contributed by atoms with Gasteiger partial charge in [0.1, 0.15) is 19.8 Å². The Morgan fingerprint density at radius 3 is 0.769 bits per heavy atom. The number of hydrogen-bond donors (Lipinski definition) is 1. The van der Waals surface area contributed by atoms with Crippen molar-refractivity contribution in [3.63, 3.8) is 0 Å². The zero-order chi connectivity index (χ0) is 75.4. The number of allylic oxidation sites excluding steroid dienone is 30. The summed E-state index contributed by atoms with van der Waals surface area (Å²) in [5.74, 6) is -0.792. The summed E-state index contributed by atoms with van der Waals surface area (Å²) in [6.45, 7) is 4.23. The molecule has 592 valence electrons. The van der Waals surface area contributed by atoms with Gasteiger partial charge in [0.15, 0.2) is 6.10 Å². The third-order valence-electron chi connectivity index (χ3n) is 17.9. The maximum Gasteiger partial charge on any atom is 0.472 e.